The molecule has 0 aromatic carbocycles. The lowest BCUT2D eigenvalue weighted by atomic mass is 10.3. The Kier molecular flexibility index (Phi) is 4.15. The van der Waals surface area contributed by atoms with Gasteiger partial charge in [0.2, 0.25) is 0 Å². The van der Waals surface area contributed by atoms with Gasteiger partial charge in [-0.3, -0.25) is 4.90 Å². The fraction of sp³-hybridized carbons (Fsp3) is 0.273. The minimum Gasteiger partial charge on any atom is -0.476 e. The molecule has 0 aliphatic rings. The second-order valence-electron chi connectivity index (χ2n) is 3.91. The predicted molar refractivity (Wildman–Crippen MR) is 70.7 cm³/mol. The molecule has 0 saturated carbocycles. The minimum absolute atomic E-state index is 0.0586. The first-order valence-electron chi connectivity index (χ1n) is 5.15. The number of nitrogens with zero attached hydrogens (tertiary/aromatic N) is 2. The summed E-state index contributed by atoms with van der Waals surface area (Å²) in [5.74, 6) is -0.529. The van der Waals surface area contributed by atoms with Gasteiger partial charge in [0, 0.05) is 12.6 Å². The molecule has 0 spiro atoms. The van der Waals surface area contributed by atoms with Gasteiger partial charge in [-0.2, -0.15) is 0 Å². The molecule has 0 aliphatic heterocycles. The van der Waals surface area contributed by atoms with Crippen LogP contribution in [0.5, 0.6) is 0 Å². The highest BCUT2D eigenvalue weighted by atomic mass is 79.9. The van der Waals surface area contributed by atoms with Crippen molar-refractivity contribution in [2.75, 3.05) is 7.05 Å². The van der Waals surface area contributed by atoms with Crippen LogP contribution in [-0.2, 0) is 13.1 Å². The molecule has 0 unspecified atom stereocenters. The lowest BCUT2D eigenvalue weighted by Gasteiger charge is -2.13. The summed E-state index contributed by atoms with van der Waals surface area (Å²) >= 11 is 5.05. The molecule has 0 aliphatic carbocycles. The summed E-state index contributed by atoms with van der Waals surface area (Å²) in [4.78, 5) is 12.7. The number of rotatable bonds is 5. The third-order valence-corrected chi connectivity index (χ3v) is 3.83. The number of aromatic carboxylic acids is 1. The van der Waals surface area contributed by atoms with E-state index in [0.717, 1.165) is 10.3 Å². The van der Waals surface area contributed by atoms with Crippen LogP contribution >= 0.6 is 27.3 Å². The molecule has 0 bridgehead atoms. The molecule has 2 rings (SSSR count). The molecule has 2 aromatic rings. The second-order valence-corrected chi connectivity index (χ2v) is 6.21. The molecule has 0 fully saturated rings. The van der Waals surface area contributed by atoms with Crippen molar-refractivity contribution in [3.8, 4) is 0 Å². The Labute approximate surface area is 116 Å². The van der Waals surface area contributed by atoms with E-state index >= 15 is 0 Å². The van der Waals surface area contributed by atoms with E-state index in [1.165, 1.54) is 11.6 Å². The van der Waals surface area contributed by atoms with Crippen LogP contribution in [0.25, 0.3) is 0 Å². The van der Waals surface area contributed by atoms with Crippen molar-refractivity contribution in [2.24, 2.45) is 0 Å². The molecule has 1 N–H and O–H groups in total. The SMILES string of the molecule is CN(Cc1csc(Br)c1)Cc1cc(C(=O)O)no1. The molecule has 7 heteroatoms. The lowest BCUT2D eigenvalue weighted by Crippen LogP contribution is -2.16. The molecular weight excluding hydrogens is 320 g/mol. The van der Waals surface area contributed by atoms with Crippen molar-refractivity contribution in [1.29, 1.82) is 0 Å². The van der Waals surface area contributed by atoms with Gasteiger partial charge in [-0.25, -0.2) is 4.79 Å². The van der Waals surface area contributed by atoms with Crippen LogP contribution in [-0.4, -0.2) is 28.2 Å². The number of hydrogen-bond donors (Lipinski definition) is 1. The van der Waals surface area contributed by atoms with E-state index in [4.69, 9.17) is 9.63 Å². The van der Waals surface area contributed by atoms with E-state index < -0.39 is 5.97 Å². The van der Waals surface area contributed by atoms with Crippen LogP contribution in [0.4, 0.5) is 0 Å². The van der Waals surface area contributed by atoms with Gasteiger partial charge in [0.15, 0.2) is 11.5 Å². The maximum atomic E-state index is 10.7. The van der Waals surface area contributed by atoms with Crippen molar-refractivity contribution in [2.45, 2.75) is 13.1 Å². The van der Waals surface area contributed by atoms with E-state index in [1.54, 1.807) is 11.3 Å². The molecule has 0 amide bonds. The number of aromatic nitrogens is 1. The van der Waals surface area contributed by atoms with Gasteiger partial charge in [-0.1, -0.05) is 5.16 Å². The summed E-state index contributed by atoms with van der Waals surface area (Å²) in [6, 6.07) is 3.51. The average Bonchev–Trinajstić information content (AvgIpc) is 2.88. The van der Waals surface area contributed by atoms with Gasteiger partial charge in [0.1, 0.15) is 0 Å². The molecule has 0 saturated heterocycles. The van der Waals surface area contributed by atoms with Crippen molar-refractivity contribution in [3.05, 3.63) is 38.3 Å². The third kappa shape index (κ3) is 3.41. The quantitative estimate of drug-likeness (QED) is 0.913. The van der Waals surface area contributed by atoms with Crippen molar-refractivity contribution in [1.82, 2.24) is 10.1 Å². The fourth-order valence-corrected chi connectivity index (χ4v) is 2.75. The van der Waals surface area contributed by atoms with Gasteiger partial charge in [0.25, 0.3) is 0 Å². The highest BCUT2D eigenvalue weighted by molar-refractivity contribution is 9.11. The van der Waals surface area contributed by atoms with Gasteiger partial charge >= 0.3 is 5.97 Å². The second kappa shape index (κ2) is 5.64. The largest absolute Gasteiger partial charge is 0.476 e. The van der Waals surface area contributed by atoms with Gasteiger partial charge in [-0.05, 0) is 40.0 Å². The van der Waals surface area contributed by atoms with E-state index in [2.05, 4.69) is 32.5 Å². The topological polar surface area (TPSA) is 66.6 Å². The van der Waals surface area contributed by atoms with Crippen LogP contribution < -0.4 is 0 Å². The first kappa shape index (κ1) is 13.3. The summed E-state index contributed by atoms with van der Waals surface area (Å²) in [6.07, 6.45) is 0. The van der Waals surface area contributed by atoms with Gasteiger partial charge < -0.3 is 9.63 Å². The lowest BCUT2D eigenvalue weighted by molar-refractivity contribution is 0.0685. The highest BCUT2D eigenvalue weighted by Crippen LogP contribution is 2.21. The zero-order chi connectivity index (χ0) is 13.1. The minimum atomic E-state index is -1.07. The number of carboxylic acids is 1. The number of halogens is 1. The van der Waals surface area contributed by atoms with Crippen molar-refractivity contribution < 1.29 is 14.4 Å². The zero-order valence-electron chi connectivity index (χ0n) is 9.59. The Hall–Kier alpha value is -1.18. The molecule has 0 atom stereocenters. The highest BCUT2D eigenvalue weighted by Gasteiger charge is 2.12. The zero-order valence-corrected chi connectivity index (χ0v) is 12.0. The first-order chi connectivity index (χ1) is 8.54. The van der Waals surface area contributed by atoms with Crippen LogP contribution in [0.3, 0.4) is 0 Å². The van der Waals surface area contributed by atoms with Crippen LogP contribution in [0.15, 0.2) is 25.8 Å². The van der Waals surface area contributed by atoms with Crippen molar-refractivity contribution in [3.63, 3.8) is 0 Å². The Morgan fingerprint density at radius 1 is 1.56 bits per heavy atom. The first-order valence-corrected chi connectivity index (χ1v) is 6.82. The maximum absolute atomic E-state index is 10.7. The molecule has 5 nitrogen and oxygen atoms in total. The van der Waals surface area contributed by atoms with Crippen LogP contribution in [0.2, 0.25) is 0 Å². The Morgan fingerprint density at radius 3 is 2.89 bits per heavy atom. The molecule has 2 heterocycles. The Morgan fingerprint density at radius 2 is 2.33 bits per heavy atom. The standard InChI is InChI=1S/C11H11BrN2O3S/c1-14(4-7-2-10(12)18-6-7)5-8-3-9(11(15)16)13-17-8/h2-3,6H,4-5H2,1H3,(H,15,16). The predicted octanol–water partition coefficient (Wildman–Crippen LogP) is 2.83. The Bertz CT molecular complexity index is 552. The molecular formula is C11H11BrN2O3S. The van der Waals surface area contributed by atoms with Crippen LogP contribution in [0.1, 0.15) is 21.8 Å². The normalized spacial score (nSPS) is 11.1. The van der Waals surface area contributed by atoms with Gasteiger partial charge in [-0.15, -0.1) is 11.3 Å². The van der Waals surface area contributed by atoms with Gasteiger partial charge in [0.05, 0.1) is 10.3 Å². The molecule has 2 aromatic heterocycles. The summed E-state index contributed by atoms with van der Waals surface area (Å²) in [5, 5.41) is 14.3. The number of carbonyl (C=O) groups is 1. The van der Waals surface area contributed by atoms with Crippen molar-refractivity contribution >= 4 is 33.2 Å². The molecule has 18 heavy (non-hydrogen) atoms. The van der Waals surface area contributed by atoms with E-state index in [9.17, 15) is 4.79 Å². The monoisotopic (exact) mass is 330 g/mol. The van der Waals surface area contributed by atoms with E-state index in [0.29, 0.717) is 12.3 Å². The number of thiophene rings is 1. The van der Waals surface area contributed by atoms with E-state index in [-0.39, 0.29) is 5.69 Å². The smallest absolute Gasteiger partial charge is 0.358 e. The fourth-order valence-electron chi connectivity index (χ4n) is 1.55. The Balaban J connectivity index is 1.94. The number of carboxylic acid groups (broad SMARTS) is 1. The molecule has 0 radical (unpaired) electrons. The number of hydrogen-bond acceptors (Lipinski definition) is 5. The summed E-state index contributed by atoms with van der Waals surface area (Å²) in [7, 11) is 1.94. The third-order valence-electron chi connectivity index (χ3n) is 2.28. The summed E-state index contributed by atoms with van der Waals surface area (Å²) < 4.78 is 6.06. The summed E-state index contributed by atoms with van der Waals surface area (Å²) in [6.45, 7) is 1.29. The van der Waals surface area contributed by atoms with E-state index in [1.807, 2.05) is 11.9 Å². The summed E-state index contributed by atoms with van der Waals surface area (Å²) in [5.41, 5.74) is 1.14. The maximum Gasteiger partial charge on any atom is 0.358 e. The average molecular weight is 331 g/mol. The molecule has 96 valence electrons. The van der Waals surface area contributed by atoms with Crippen LogP contribution in [0, 0.1) is 0 Å².